The Balaban J connectivity index is 1.59. The van der Waals surface area contributed by atoms with E-state index in [0.29, 0.717) is 10.7 Å². The van der Waals surface area contributed by atoms with Crippen molar-refractivity contribution in [1.82, 2.24) is 19.5 Å². The van der Waals surface area contributed by atoms with Crippen LogP contribution in [0.15, 0.2) is 48.0 Å². The highest BCUT2D eigenvalue weighted by Crippen LogP contribution is 2.27. The molecule has 0 atom stereocenters. The lowest BCUT2D eigenvalue weighted by molar-refractivity contribution is 0.102. The molecule has 28 heavy (non-hydrogen) atoms. The highest BCUT2D eigenvalue weighted by atomic mass is 32.1. The average molecular weight is 392 g/mol. The monoisotopic (exact) mass is 391 g/mol. The minimum atomic E-state index is -0.202. The fourth-order valence-corrected chi connectivity index (χ4v) is 4.02. The summed E-state index contributed by atoms with van der Waals surface area (Å²) in [5.74, 6) is 0.728. The van der Waals surface area contributed by atoms with Crippen molar-refractivity contribution in [2.45, 2.75) is 33.2 Å². The molecular formula is C21H21N5OS. The van der Waals surface area contributed by atoms with Gasteiger partial charge in [-0.25, -0.2) is 9.97 Å². The largest absolute Gasteiger partial charge is 0.323 e. The van der Waals surface area contributed by atoms with Crippen molar-refractivity contribution in [3.63, 3.8) is 0 Å². The zero-order chi connectivity index (χ0) is 19.9. The molecule has 1 amide bonds. The summed E-state index contributed by atoms with van der Waals surface area (Å²) < 4.78 is 2.18. The van der Waals surface area contributed by atoms with Crippen molar-refractivity contribution in [2.75, 3.05) is 5.32 Å². The Labute approximate surface area is 167 Å². The number of rotatable bonds is 3. The molecule has 0 aliphatic carbocycles. The summed E-state index contributed by atoms with van der Waals surface area (Å²) in [6.07, 6.45) is 1.72. The van der Waals surface area contributed by atoms with E-state index in [0.717, 1.165) is 28.2 Å². The van der Waals surface area contributed by atoms with Crippen LogP contribution in [-0.2, 0) is 5.54 Å². The van der Waals surface area contributed by atoms with Crippen molar-refractivity contribution in [2.24, 2.45) is 0 Å². The molecule has 1 aromatic carbocycles. The second-order valence-corrected chi connectivity index (χ2v) is 8.43. The maximum atomic E-state index is 12.7. The summed E-state index contributed by atoms with van der Waals surface area (Å²) in [5.41, 5.74) is 3.84. The number of nitrogens with one attached hydrogen (secondary N) is 1. The molecule has 4 aromatic rings. The van der Waals surface area contributed by atoms with Crippen LogP contribution < -0.4 is 5.32 Å². The first kappa shape index (κ1) is 18.3. The van der Waals surface area contributed by atoms with Gasteiger partial charge in [0.15, 0.2) is 5.13 Å². The number of carbonyl (C=O) groups excluding carboxylic acids is 1. The molecular weight excluding hydrogens is 370 g/mol. The van der Waals surface area contributed by atoms with Crippen LogP contribution in [0.25, 0.3) is 22.4 Å². The van der Waals surface area contributed by atoms with E-state index in [9.17, 15) is 4.79 Å². The molecule has 7 heteroatoms. The van der Waals surface area contributed by atoms with Gasteiger partial charge < -0.3 is 4.57 Å². The number of anilines is 1. The van der Waals surface area contributed by atoms with Crippen molar-refractivity contribution < 1.29 is 4.79 Å². The highest BCUT2D eigenvalue weighted by Gasteiger charge is 2.20. The zero-order valence-corrected chi connectivity index (χ0v) is 17.0. The minimum Gasteiger partial charge on any atom is -0.323 e. The van der Waals surface area contributed by atoms with Crippen LogP contribution in [0.3, 0.4) is 0 Å². The van der Waals surface area contributed by atoms with Crippen LogP contribution in [0.2, 0.25) is 0 Å². The topological polar surface area (TPSA) is 72.7 Å². The Morgan fingerprint density at radius 2 is 1.93 bits per heavy atom. The minimum absolute atomic E-state index is 0.0780. The van der Waals surface area contributed by atoms with Gasteiger partial charge in [0.1, 0.15) is 11.5 Å². The molecule has 6 nitrogen and oxygen atoms in total. The predicted octanol–water partition coefficient (Wildman–Crippen LogP) is 4.87. The van der Waals surface area contributed by atoms with E-state index < -0.39 is 0 Å². The average Bonchev–Trinajstić information content (AvgIpc) is 3.24. The molecule has 1 N–H and O–H groups in total. The normalized spacial score (nSPS) is 11.7. The molecule has 0 spiro atoms. The maximum Gasteiger partial charge on any atom is 0.257 e. The molecule has 0 aliphatic heterocycles. The second kappa shape index (κ2) is 6.83. The van der Waals surface area contributed by atoms with Crippen LogP contribution in [0.5, 0.6) is 0 Å². The zero-order valence-electron chi connectivity index (χ0n) is 16.2. The molecule has 0 unspecified atom stereocenters. The summed E-state index contributed by atoms with van der Waals surface area (Å²) >= 11 is 1.38. The Bertz CT molecular complexity index is 1150. The van der Waals surface area contributed by atoms with Gasteiger partial charge in [0.25, 0.3) is 5.91 Å². The van der Waals surface area contributed by atoms with E-state index in [1.54, 1.807) is 6.20 Å². The number of aryl methyl sites for hydroxylation is 1. The number of aromatic nitrogens is 4. The lowest BCUT2D eigenvalue weighted by atomic mass is 10.1. The fraction of sp³-hybridized carbons (Fsp3) is 0.238. The molecule has 3 heterocycles. The van der Waals surface area contributed by atoms with Crippen molar-refractivity contribution in [3.8, 4) is 11.4 Å². The van der Waals surface area contributed by atoms with Crippen LogP contribution in [-0.4, -0.2) is 25.4 Å². The highest BCUT2D eigenvalue weighted by molar-refractivity contribution is 7.14. The van der Waals surface area contributed by atoms with Crippen LogP contribution >= 0.6 is 11.3 Å². The van der Waals surface area contributed by atoms with E-state index in [1.165, 1.54) is 11.3 Å². The van der Waals surface area contributed by atoms with Crippen LogP contribution in [0, 0.1) is 6.92 Å². The number of nitrogens with zero attached hydrogens (tertiary/aromatic N) is 4. The molecule has 0 bridgehead atoms. The Kier molecular flexibility index (Phi) is 4.47. The molecule has 0 radical (unpaired) electrons. The Morgan fingerprint density at radius 3 is 2.64 bits per heavy atom. The standard InChI is InChI=1S/C21H21N5OS/c1-13-23-16-11-14(8-9-18(16)26(13)21(2,3)4)19(27)25-20-24-17(12-28-20)15-7-5-6-10-22-15/h5-12H,1-4H3,(H,24,25,27). The number of carbonyl (C=O) groups is 1. The number of thiazole rings is 1. The first-order valence-electron chi connectivity index (χ1n) is 9.01. The molecule has 0 saturated carbocycles. The van der Waals surface area contributed by atoms with Gasteiger partial charge in [-0.3, -0.25) is 15.1 Å². The molecule has 0 fully saturated rings. The van der Waals surface area contributed by atoms with Gasteiger partial charge >= 0.3 is 0 Å². The van der Waals surface area contributed by atoms with Gasteiger partial charge in [-0.05, 0) is 58.0 Å². The van der Waals surface area contributed by atoms with Gasteiger partial charge in [-0.2, -0.15) is 0 Å². The van der Waals surface area contributed by atoms with Gasteiger partial charge in [0.2, 0.25) is 0 Å². The molecule has 3 aromatic heterocycles. The number of imidazole rings is 1. The Morgan fingerprint density at radius 1 is 1.11 bits per heavy atom. The molecule has 0 saturated heterocycles. The fourth-order valence-electron chi connectivity index (χ4n) is 3.32. The van der Waals surface area contributed by atoms with Gasteiger partial charge in [-0.1, -0.05) is 6.07 Å². The van der Waals surface area contributed by atoms with Crippen molar-refractivity contribution >= 4 is 33.4 Å². The maximum absolute atomic E-state index is 12.7. The van der Waals surface area contributed by atoms with E-state index in [2.05, 4.69) is 45.6 Å². The predicted molar refractivity (Wildman–Crippen MR) is 113 cm³/mol. The smallest absolute Gasteiger partial charge is 0.257 e. The van der Waals surface area contributed by atoms with E-state index >= 15 is 0 Å². The number of hydrogen-bond donors (Lipinski definition) is 1. The first-order chi connectivity index (χ1) is 13.3. The van der Waals surface area contributed by atoms with Gasteiger partial charge in [0.05, 0.1) is 16.7 Å². The third-order valence-corrected chi connectivity index (χ3v) is 5.16. The van der Waals surface area contributed by atoms with E-state index in [-0.39, 0.29) is 11.4 Å². The Hall–Kier alpha value is -3.06. The summed E-state index contributed by atoms with van der Waals surface area (Å²) in [4.78, 5) is 26.1. The molecule has 4 rings (SSSR count). The summed E-state index contributed by atoms with van der Waals surface area (Å²) in [7, 11) is 0. The number of benzene rings is 1. The van der Waals surface area contributed by atoms with Gasteiger partial charge in [0, 0.05) is 22.7 Å². The van der Waals surface area contributed by atoms with Crippen LogP contribution in [0.4, 0.5) is 5.13 Å². The third-order valence-electron chi connectivity index (χ3n) is 4.41. The SMILES string of the molecule is Cc1nc2cc(C(=O)Nc3nc(-c4ccccn4)cs3)ccc2n1C(C)(C)C. The molecule has 142 valence electrons. The number of hydrogen-bond acceptors (Lipinski definition) is 5. The van der Waals surface area contributed by atoms with E-state index in [4.69, 9.17) is 0 Å². The summed E-state index contributed by atoms with van der Waals surface area (Å²) in [6, 6.07) is 11.3. The number of amides is 1. The van der Waals surface area contributed by atoms with Gasteiger partial charge in [-0.15, -0.1) is 11.3 Å². The van der Waals surface area contributed by atoms with Crippen molar-refractivity contribution in [3.05, 3.63) is 59.4 Å². The lowest BCUT2D eigenvalue weighted by Crippen LogP contribution is -2.22. The second-order valence-electron chi connectivity index (χ2n) is 7.58. The number of pyridine rings is 1. The van der Waals surface area contributed by atoms with Crippen LogP contribution in [0.1, 0.15) is 37.0 Å². The van der Waals surface area contributed by atoms with E-state index in [1.807, 2.05) is 48.7 Å². The summed E-state index contributed by atoms with van der Waals surface area (Å²) in [6.45, 7) is 8.41. The molecule has 0 aliphatic rings. The number of fused-ring (bicyclic) bond motifs is 1. The third kappa shape index (κ3) is 3.41. The lowest BCUT2D eigenvalue weighted by Gasteiger charge is -2.23. The quantitative estimate of drug-likeness (QED) is 0.541. The first-order valence-corrected chi connectivity index (χ1v) is 9.89. The van der Waals surface area contributed by atoms with Crippen molar-refractivity contribution in [1.29, 1.82) is 0 Å². The summed E-state index contributed by atoms with van der Waals surface area (Å²) in [5, 5.41) is 5.30.